The van der Waals surface area contributed by atoms with Crippen LogP contribution in [0.5, 0.6) is 5.75 Å². The second-order valence-electron chi connectivity index (χ2n) is 5.51. The Balaban J connectivity index is 2.07. The lowest BCUT2D eigenvalue weighted by Gasteiger charge is -2.13. The molecule has 0 aliphatic heterocycles. The number of nitrogens with one attached hydrogen (secondary N) is 2. The van der Waals surface area contributed by atoms with Crippen molar-refractivity contribution in [1.82, 2.24) is 10.6 Å². The van der Waals surface area contributed by atoms with Gasteiger partial charge in [-0.1, -0.05) is 24.3 Å². The number of benzene rings is 2. The van der Waals surface area contributed by atoms with Crippen LogP contribution in [0.15, 0.2) is 47.5 Å². The summed E-state index contributed by atoms with van der Waals surface area (Å²) in [6, 6.07) is 14.1. The van der Waals surface area contributed by atoms with Crippen molar-refractivity contribution in [2.45, 2.75) is 26.9 Å². The zero-order chi connectivity index (χ0) is 18.8. The number of ether oxygens (including phenoxy) is 1. The normalized spacial score (nSPS) is 10.9. The van der Waals surface area contributed by atoms with E-state index in [1.165, 1.54) is 6.07 Å². The number of para-hydroxylation sites is 1. The van der Waals surface area contributed by atoms with Crippen LogP contribution in [0, 0.1) is 17.1 Å². The zero-order valence-corrected chi connectivity index (χ0v) is 15.1. The molecule has 2 rings (SSSR count). The Morgan fingerprint density at radius 2 is 1.96 bits per heavy atom. The Hall–Kier alpha value is -3.07. The number of hydrogen-bond donors (Lipinski definition) is 2. The third-order valence-electron chi connectivity index (χ3n) is 3.65. The summed E-state index contributed by atoms with van der Waals surface area (Å²) in [5, 5.41) is 15.1. The molecule has 0 amide bonds. The molecule has 0 aromatic heterocycles. The molecule has 0 radical (unpaired) electrons. The predicted molar refractivity (Wildman–Crippen MR) is 100 cm³/mol. The molecule has 0 fully saturated rings. The average molecular weight is 354 g/mol. The molecular formula is C20H23FN4O. The van der Waals surface area contributed by atoms with Crippen molar-refractivity contribution >= 4 is 5.96 Å². The van der Waals surface area contributed by atoms with Gasteiger partial charge in [-0.05, 0) is 32.0 Å². The van der Waals surface area contributed by atoms with Crippen LogP contribution in [0.2, 0.25) is 0 Å². The van der Waals surface area contributed by atoms with Crippen molar-refractivity contribution < 1.29 is 9.13 Å². The van der Waals surface area contributed by atoms with Gasteiger partial charge in [-0.2, -0.15) is 5.26 Å². The first-order chi connectivity index (χ1) is 12.7. The summed E-state index contributed by atoms with van der Waals surface area (Å²) in [6.45, 7) is 5.91. The number of nitrogens with zero attached hydrogens (tertiary/aromatic N) is 2. The van der Waals surface area contributed by atoms with E-state index in [1.807, 2.05) is 44.2 Å². The van der Waals surface area contributed by atoms with E-state index in [9.17, 15) is 4.39 Å². The number of rotatable bonds is 7. The summed E-state index contributed by atoms with van der Waals surface area (Å²) in [6.07, 6.45) is 0. The molecule has 0 saturated carbocycles. The summed E-state index contributed by atoms with van der Waals surface area (Å²) in [7, 11) is 0. The van der Waals surface area contributed by atoms with Gasteiger partial charge >= 0.3 is 0 Å². The minimum absolute atomic E-state index is 0.274. The smallest absolute Gasteiger partial charge is 0.191 e. The highest BCUT2D eigenvalue weighted by molar-refractivity contribution is 5.79. The third kappa shape index (κ3) is 5.49. The van der Waals surface area contributed by atoms with Gasteiger partial charge in [0.15, 0.2) is 5.96 Å². The molecule has 0 aliphatic rings. The molecule has 2 N–H and O–H groups in total. The first kappa shape index (κ1) is 19.3. The maximum absolute atomic E-state index is 14.0. The van der Waals surface area contributed by atoms with Crippen LogP contribution in [-0.4, -0.2) is 19.1 Å². The van der Waals surface area contributed by atoms with Gasteiger partial charge in [-0.3, -0.25) is 0 Å². The van der Waals surface area contributed by atoms with Gasteiger partial charge in [0, 0.05) is 24.2 Å². The second-order valence-corrected chi connectivity index (χ2v) is 5.51. The van der Waals surface area contributed by atoms with E-state index in [1.54, 1.807) is 12.1 Å². The minimum Gasteiger partial charge on any atom is -0.494 e. The second kappa shape index (κ2) is 10.0. The van der Waals surface area contributed by atoms with E-state index in [0.717, 1.165) is 11.3 Å². The fourth-order valence-electron chi connectivity index (χ4n) is 2.38. The molecule has 2 aromatic carbocycles. The fourth-order valence-corrected chi connectivity index (χ4v) is 2.38. The molecule has 0 unspecified atom stereocenters. The number of aliphatic imine (C=N–C) groups is 1. The quantitative estimate of drug-likeness (QED) is 0.591. The molecule has 136 valence electrons. The minimum atomic E-state index is -0.408. The summed E-state index contributed by atoms with van der Waals surface area (Å²) in [5.41, 5.74) is 1.76. The lowest BCUT2D eigenvalue weighted by atomic mass is 10.1. The molecular weight excluding hydrogens is 331 g/mol. The van der Waals surface area contributed by atoms with Gasteiger partial charge in [-0.25, -0.2) is 9.38 Å². The number of halogens is 1. The number of nitriles is 1. The van der Waals surface area contributed by atoms with Crippen molar-refractivity contribution in [3.63, 3.8) is 0 Å². The van der Waals surface area contributed by atoms with Crippen LogP contribution in [0.25, 0.3) is 0 Å². The summed E-state index contributed by atoms with van der Waals surface area (Å²) in [5.74, 6) is 0.990. The third-order valence-corrected chi connectivity index (χ3v) is 3.65. The molecule has 0 heterocycles. The van der Waals surface area contributed by atoms with E-state index in [-0.39, 0.29) is 6.54 Å². The lowest BCUT2D eigenvalue weighted by Crippen LogP contribution is -2.37. The van der Waals surface area contributed by atoms with Crippen LogP contribution in [0.3, 0.4) is 0 Å². The Bertz CT molecular complexity index is 799. The van der Waals surface area contributed by atoms with Crippen molar-refractivity contribution in [3.8, 4) is 11.8 Å². The molecule has 0 saturated heterocycles. The highest BCUT2D eigenvalue weighted by atomic mass is 19.1. The Labute approximate surface area is 153 Å². The van der Waals surface area contributed by atoms with Crippen molar-refractivity contribution in [3.05, 3.63) is 65.0 Å². The Kier molecular flexibility index (Phi) is 7.44. The maximum Gasteiger partial charge on any atom is 0.191 e. The zero-order valence-electron chi connectivity index (χ0n) is 15.1. The highest BCUT2D eigenvalue weighted by Gasteiger charge is 2.06. The molecule has 0 aliphatic carbocycles. The van der Waals surface area contributed by atoms with E-state index < -0.39 is 5.82 Å². The number of hydrogen-bond acceptors (Lipinski definition) is 3. The topological polar surface area (TPSA) is 69.4 Å². The monoisotopic (exact) mass is 354 g/mol. The van der Waals surface area contributed by atoms with Crippen LogP contribution < -0.4 is 15.4 Å². The van der Waals surface area contributed by atoms with E-state index in [2.05, 4.69) is 15.6 Å². The van der Waals surface area contributed by atoms with Crippen molar-refractivity contribution in [2.24, 2.45) is 4.99 Å². The summed E-state index contributed by atoms with van der Waals surface area (Å²) < 4.78 is 19.6. The standard InChI is InChI=1S/C20H23FN4O/c1-3-23-20(24-13-16-10-9-15(12-22)11-18(16)21)25-14-17-7-5-6-8-19(17)26-4-2/h5-11H,3-4,13-14H2,1-2H3,(H2,23,24,25). The van der Waals surface area contributed by atoms with Crippen LogP contribution >= 0.6 is 0 Å². The van der Waals surface area contributed by atoms with Gasteiger partial charge in [0.2, 0.25) is 0 Å². The van der Waals surface area contributed by atoms with Crippen molar-refractivity contribution in [1.29, 1.82) is 5.26 Å². The maximum atomic E-state index is 14.0. The molecule has 6 heteroatoms. The first-order valence-corrected chi connectivity index (χ1v) is 8.59. The molecule has 26 heavy (non-hydrogen) atoms. The van der Waals surface area contributed by atoms with E-state index in [0.29, 0.717) is 36.8 Å². The average Bonchev–Trinajstić information content (AvgIpc) is 2.66. The largest absolute Gasteiger partial charge is 0.494 e. The van der Waals surface area contributed by atoms with Crippen molar-refractivity contribution in [2.75, 3.05) is 13.2 Å². The summed E-state index contributed by atoms with van der Waals surface area (Å²) >= 11 is 0. The SMILES string of the molecule is CCNC(=NCc1ccccc1OCC)NCc1ccc(C#N)cc1F. The predicted octanol–water partition coefficient (Wildman–Crippen LogP) is 3.35. The lowest BCUT2D eigenvalue weighted by molar-refractivity contribution is 0.336. The molecule has 5 nitrogen and oxygen atoms in total. The first-order valence-electron chi connectivity index (χ1n) is 8.59. The Morgan fingerprint density at radius 1 is 1.15 bits per heavy atom. The van der Waals surface area contributed by atoms with Gasteiger partial charge in [0.05, 0.1) is 24.8 Å². The fraction of sp³-hybridized carbons (Fsp3) is 0.300. The van der Waals surface area contributed by atoms with Gasteiger partial charge in [0.25, 0.3) is 0 Å². The van der Waals surface area contributed by atoms with Crippen LogP contribution in [0.1, 0.15) is 30.5 Å². The molecule has 0 spiro atoms. The molecule has 0 atom stereocenters. The van der Waals surface area contributed by atoms with Gasteiger partial charge in [-0.15, -0.1) is 0 Å². The summed E-state index contributed by atoms with van der Waals surface area (Å²) in [4.78, 5) is 4.54. The van der Waals surface area contributed by atoms with E-state index >= 15 is 0 Å². The van der Waals surface area contributed by atoms with Gasteiger partial charge < -0.3 is 15.4 Å². The van der Waals surface area contributed by atoms with Crippen LogP contribution in [0.4, 0.5) is 4.39 Å². The molecule has 2 aromatic rings. The van der Waals surface area contributed by atoms with E-state index in [4.69, 9.17) is 10.00 Å². The number of guanidine groups is 1. The molecule has 0 bridgehead atoms. The highest BCUT2D eigenvalue weighted by Crippen LogP contribution is 2.18. The van der Waals surface area contributed by atoms with Gasteiger partial charge in [0.1, 0.15) is 11.6 Å². The Morgan fingerprint density at radius 3 is 2.65 bits per heavy atom. The van der Waals surface area contributed by atoms with Crippen LogP contribution in [-0.2, 0) is 13.1 Å².